The van der Waals surface area contributed by atoms with E-state index in [0.29, 0.717) is 21.6 Å². The fourth-order valence-electron chi connectivity index (χ4n) is 2.60. The van der Waals surface area contributed by atoms with E-state index in [1.807, 2.05) is 18.4 Å². The largest absolute Gasteiger partial charge is 0.324 e. The van der Waals surface area contributed by atoms with E-state index >= 15 is 0 Å². The number of benzene rings is 2. The van der Waals surface area contributed by atoms with Gasteiger partial charge >= 0.3 is 0 Å². The van der Waals surface area contributed by atoms with Crippen molar-refractivity contribution in [2.75, 3.05) is 5.32 Å². The summed E-state index contributed by atoms with van der Waals surface area (Å²) in [5.41, 5.74) is 1.62. The van der Waals surface area contributed by atoms with Gasteiger partial charge in [0, 0.05) is 21.7 Å². The molecule has 0 saturated carbocycles. The summed E-state index contributed by atoms with van der Waals surface area (Å²) in [6, 6.07) is 12.1. The maximum atomic E-state index is 12.4. The van der Waals surface area contributed by atoms with Crippen molar-refractivity contribution in [1.82, 2.24) is 20.0 Å². The number of hydrogen-bond acceptors (Lipinski definition) is 7. The van der Waals surface area contributed by atoms with Crippen molar-refractivity contribution in [1.29, 1.82) is 0 Å². The number of amides is 1. The number of halogens is 1. The molecule has 146 valence electrons. The van der Waals surface area contributed by atoms with Crippen molar-refractivity contribution in [2.24, 2.45) is 0 Å². The van der Waals surface area contributed by atoms with Crippen LogP contribution in [0.3, 0.4) is 0 Å². The quantitative estimate of drug-likeness (QED) is 0.501. The molecule has 10 heteroatoms. The lowest BCUT2D eigenvalue weighted by molar-refractivity contribution is -0.117. The van der Waals surface area contributed by atoms with Gasteiger partial charge in [-0.25, -0.2) is 9.67 Å². The topological polar surface area (TPSA) is 89.8 Å². The van der Waals surface area contributed by atoms with E-state index in [1.165, 1.54) is 11.8 Å². The molecule has 4 aromatic rings. The Morgan fingerprint density at radius 1 is 1.28 bits per heavy atom. The Morgan fingerprint density at radius 3 is 2.86 bits per heavy atom. The van der Waals surface area contributed by atoms with Crippen molar-refractivity contribution in [3.8, 4) is 0 Å². The van der Waals surface area contributed by atoms with Gasteiger partial charge < -0.3 is 5.32 Å². The van der Waals surface area contributed by atoms with Crippen LogP contribution in [0.15, 0.2) is 61.9 Å². The summed E-state index contributed by atoms with van der Waals surface area (Å²) in [6.07, 6.45) is 0. The van der Waals surface area contributed by atoms with Crippen LogP contribution >= 0.6 is 34.7 Å². The molecule has 4 rings (SSSR count). The summed E-state index contributed by atoms with van der Waals surface area (Å²) in [4.78, 5) is 30.1. The molecule has 0 radical (unpaired) electrons. The first kappa shape index (κ1) is 19.6. The Kier molecular flexibility index (Phi) is 5.61. The molecule has 0 saturated heterocycles. The first-order valence-electron chi connectivity index (χ1n) is 8.51. The van der Waals surface area contributed by atoms with E-state index in [0.717, 1.165) is 19.6 Å². The molecule has 0 aliphatic heterocycles. The van der Waals surface area contributed by atoms with Crippen molar-refractivity contribution >= 4 is 57.2 Å². The number of thiazole rings is 1. The number of hydrogen-bond donors (Lipinski definition) is 1. The lowest BCUT2D eigenvalue weighted by Gasteiger charge is -2.09. The number of anilines is 1. The van der Waals surface area contributed by atoms with Crippen molar-refractivity contribution < 1.29 is 4.79 Å². The number of aryl methyl sites for hydroxylation is 1. The van der Waals surface area contributed by atoms with Gasteiger partial charge in [0.2, 0.25) is 5.91 Å². The predicted molar refractivity (Wildman–Crippen MR) is 115 cm³/mol. The summed E-state index contributed by atoms with van der Waals surface area (Å²) in [7, 11) is 0. The molecule has 0 bridgehead atoms. The second kappa shape index (κ2) is 8.32. The Hall–Kier alpha value is -2.75. The third kappa shape index (κ3) is 4.47. The normalized spacial score (nSPS) is 11.0. The monoisotopic (exact) mass is 443 g/mol. The molecule has 1 N–H and O–H groups in total. The lowest BCUT2D eigenvalue weighted by atomic mass is 10.2. The third-order valence-electron chi connectivity index (χ3n) is 3.93. The van der Waals surface area contributed by atoms with Gasteiger partial charge in [0.25, 0.3) is 5.56 Å². The summed E-state index contributed by atoms with van der Waals surface area (Å²) in [5, 5.41) is 13.4. The third-order valence-corrected chi connectivity index (χ3v) is 6.49. The zero-order chi connectivity index (χ0) is 20.4. The van der Waals surface area contributed by atoms with Crippen LogP contribution in [0, 0.1) is 6.92 Å². The molecule has 2 aromatic heterocycles. The number of rotatable bonds is 5. The molecule has 0 atom stereocenters. The average molecular weight is 444 g/mol. The maximum absolute atomic E-state index is 12.4. The van der Waals surface area contributed by atoms with Crippen LogP contribution in [0.2, 0.25) is 5.02 Å². The first-order chi connectivity index (χ1) is 14.0. The van der Waals surface area contributed by atoms with Crippen LogP contribution in [0.5, 0.6) is 0 Å². The Balaban J connectivity index is 1.46. The van der Waals surface area contributed by atoms with Crippen LogP contribution < -0.4 is 10.9 Å². The number of fused-ring (bicyclic) bond motifs is 1. The highest BCUT2D eigenvalue weighted by Gasteiger charge is 2.12. The highest BCUT2D eigenvalue weighted by molar-refractivity contribution is 8.01. The minimum atomic E-state index is -0.399. The number of carbonyl (C=O) groups is 1. The minimum absolute atomic E-state index is 0.247. The Bertz CT molecular complexity index is 1270. The zero-order valence-electron chi connectivity index (χ0n) is 15.1. The van der Waals surface area contributed by atoms with Crippen molar-refractivity contribution in [3.05, 3.63) is 68.9 Å². The SMILES string of the molecule is Cc1csc(Sc2ccc(NC(=O)Cn3nnc4ccccc4c3=O)cc2Cl)n1. The van der Waals surface area contributed by atoms with Gasteiger partial charge in [0.1, 0.15) is 12.1 Å². The Labute approximate surface area is 178 Å². The van der Waals surface area contributed by atoms with E-state index in [2.05, 4.69) is 20.6 Å². The van der Waals surface area contributed by atoms with Gasteiger partial charge in [0.05, 0.1) is 10.4 Å². The van der Waals surface area contributed by atoms with Gasteiger partial charge in [-0.05, 0) is 37.3 Å². The molecule has 2 heterocycles. The summed E-state index contributed by atoms with van der Waals surface area (Å²) < 4.78 is 1.93. The maximum Gasteiger partial charge on any atom is 0.278 e. The van der Waals surface area contributed by atoms with Crippen LogP contribution in [-0.4, -0.2) is 25.9 Å². The van der Waals surface area contributed by atoms with Gasteiger partial charge in [-0.15, -0.1) is 16.4 Å². The van der Waals surface area contributed by atoms with E-state index in [-0.39, 0.29) is 12.1 Å². The van der Waals surface area contributed by atoms with Gasteiger partial charge in [-0.3, -0.25) is 9.59 Å². The van der Waals surface area contributed by atoms with Crippen molar-refractivity contribution in [3.63, 3.8) is 0 Å². The van der Waals surface area contributed by atoms with E-state index < -0.39 is 5.91 Å². The molecule has 1 amide bonds. The second-order valence-corrected chi connectivity index (χ2v) is 8.67. The van der Waals surface area contributed by atoms with E-state index in [1.54, 1.807) is 47.7 Å². The second-order valence-electron chi connectivity index (χ2n) is 6.12. The Morgan fingerprint density at radius 2 is 2.10 bits per heavy atom. The molecular weight excluding hydrogens is 430 g/mol. The van der Waals surface area contributed by atoms with E-state index in [9.17, 15) is 9.59 Å². The number of carbonyl (C=O) groups excluding carboxylic acids is 1. The van der Waals surface area contributed by atoms with Gasteiger partial charge in [-0.2, -0.15) is 0 Å². The van der Waals surface area contributed by atoms with Crippen LogP contribution in [-0.2, 0) is 11.3 Å². The van der Waals surface area contributed by atoms with Crippen molar-refractivity contribution in [2.45, 2.75) is 22.7 Å². The molecule has 0 spiro atoms. The number of nitrogens with one attached hydrogen (secondary N) is 1. The van der Waals surface area contributed by atoms with Crippen LogP contribution in [0.4, 0.5) is 5.69 Å². The fraction of sp³-hybridized carbons (Fsp3) is 0.105. The number of aromatic nitrogens is 4. The average Bonchev–Trinajstić information content (AvgIpc) is 3.11. The van der Waals surface area contributed by atoms with Gasteiger partial charge in [0.15, 0.2) is 4.34 Å². The molecule has 0 fully saturated rings. The molecular formula is C19H14ClN5O2S2. The summed E-state index contributed by atoms with van der Waals surface area (Å²) in [6.45, 7) is 1.69. The van der Waals surface area contributed by atoms with Crippen LogP contribution in [0.1, 0.15) is 5.69 Å². The number of nitrogens with zero attached hydrogens (tertiary/aromatic N) is 4. The fourth-order valence-corrected chi connectivity index (χ4v) is 4.69. The van der Waals surface area contributed by atoms with Crippen LogP contribution in [0.25, 0.3) is 10.9 Å². The highest BCUT2D eigenvalue weighted by Crippen LogP contribution is 2.36. The summed E-state index contributed by atoms with van der Waals surface area (Å²) in [5.74, 6) is -0.399. The first-order valence-corrected chi connectivity index (χ1v) is 10.6. The zero-order valence-corrected chi connectivity index (χ0v) is 17.5. The summed E-state index contributed by atoms with van der Waals surface area (Å²) >= 11 is 9.36. The molecule has 7 nitrogen and oxygen atoms in total. The molecule has 0 unspecified atom stereocenters. The highest BCUT2D eigenvalue weighted by atomic mass is 35.5. The molecule has 2 aromatic carbocycles. The predicted octanol–water partition coefficient (Wildman–Crippen LogP) is 4.00. The standard InChI is InChI=1S/C19H14ClN5O2S2/c1-11-10-28-19(21-11)29-16-7-6-12(8-14(16)20)22-17(26)9-25-18(27)13-4-2-3-5-15(13)23-24-25/h2-8,10H,9H2,1H3,(H,22,26). The lowest BCUT2D eigenvalue weighted by Crippen LogP contribution is -2.30. The molecule has 0 aliphatic carbocycles. The van der Waals surface area contributed by atoms with E-state index in [4.69, 9.17) is 11.6 Å². The molecule has 29 heavy (non-hydrogen) atoms. The van der Waals surface area contributed by atoms with Gasteiger partial charge in [-0.1, -0.05) is 40.7 Å². The smallest absolute Gasteiger partial charge is 0.278 e. The minimum Gasteiger partial charge on any atom is -0.324 e. The molecule has 0 aliphatic rings.